The minimum absolute atomic E-state index is 0.185. The van der Waals surface area contributed by atoms with E-state index in [1.165, 1.54) is 16.7 Å². The first-order valence-corrected chi connectivity index (χ1v) is 6.60. The maximum Gasteiger partial charge on any atom is 0.246 e. The molecule has 0 spiro atoms. The Hall–Kier alpha value is -0.920. The van der Waals surface area contributed by atoms with Crippen LogP contribution in [0.15, 0.2) is 17.3 Å². The fourth-order valence-electron chi connectivity index (χ4n) is 1.83. The predicted octanol–water partition coefficient (Wildman–Crippen LogP) is -0.218. The molecule has 0 amide bonds. The lowest BCUT2D eigenvalue weighted by Gasteiger charge is -2.37. The summed E-state index contributed by atoms with van der Waals surface area (Å²) >= 11 is 0. The minimum Gasteiger partial charge on any atom is -0.309 e. The number of H-pyrrole nitrogens is 1. The van der Waals surface area contributed by atoms with E-state index in [4.69, 9.17) is 0 Å². The molecule has 2 N–H and O–H groups in total. The lowest BCUT2D eigenvalue weighted by atomic mass is 10.0. The van der Waals surface area contributed by atoms with Crippen LogP contribution in [0.3, 0.4) is 0 Å². The second-order valence-electron chi connectivity index (χ2n) is 4.58. The molecule has 7 heteroatoms. The summed E-state index contributed by atoms with van der Waals surface area (Å²) in [6.07, 6.45) is 2.74. The number of aromatic nitrogens is 2. The van der Waals surface area contributed by atoms with Crippen LogP contribution in [0, 0.1) is 0 Å². The number of hydrogen-bond donors (Lipinski definition) is 2. The summed E-state index contributed by atoms with van der Waals surface area (Å²) in [7, 11) is -3.39. The highest BCUT2D eigenvalue weighted by Gasteiger charge is 2.34. The number of aromatic amines is 1. The molecule has 2 rings (SSSR count). The molecule has 1 aromatic heterocycles. The van der Waals surface area contributed by atoms with Crippen molar-refractivity contribution in [2.45, 2.75) is 24.3 Å². The van der Waals surface area contributed by atoms with Crippen molar-refractivity contribution in [2.24, 2.45) is 0 Å². The van der Waals surface area contributed by atoms with Crippen LogP contribution >= 0.6 is 0 Å². The molecule has 1 aliphatic heterocycles. The van der Waals surface area contributed by atoms with Crippen LogP contribution in [0.25, 0.3) is 0 Å². The van der Waals surface area contributed by atoms with Crippen molar-refractivity contribution in [1.82, 2.24) is 19.8 Å². The maximum absolute atomic E-state index is 12.2. The Morgan fingerprint density at radius 1 is 1.50 bits per heavy atom. The molecule has 6 nitrogen and oxygen atoms in total. The van der Waals surface area contributed by atoms with Gasteiger partial charge in [-0.15, -0.1) is 0 Å². The average Bonchev–Trinajstić information content (AvgIpc) is 2.69. The van der Waals surface area contributed by atoms with Crippen molar-refractivity contribution in [1.29, 1.82) is 0 Å². The van der Waals surface area contributed by atoms with E-state index in [1.807, 2.05) is 13.8 Å². The third kappa shape index (κ3) is 2.11. The Bertz CT molecular complexity index is 452. The van der Waals surface area contributed by atoms with Crippen molar-refractivity contribution in [3.63, 3.8) is 0 Å². The Morgan fingerprint density at radius 3 is 2.81 bits per heavy atom. The van der Waals surface area contributed by atoms with Crippen molar-refractivity contribution >= 4 is 10.0 Å². The zero-order valence-electron chi connectivity index (χ0n) is 9.40. The van der Waals surface area contributed by atoms with E-state index in [0.717, 1.165) is 0 Å². The minimum atomic E-state index is -3.39. The number of nitrogens with zero attached hydrogens (tertiary/aromatic N) is 2. The zero-order valence-corrected chi connectivity index (χ0v) is 10.2. The Morgan fingerprint density at radius 2 is 2.25 bits per heavy atom. The van der Waals surface area contributed by atoms with Gasteiger partial charge >= 0.3 is 0 Å². The van der Waals surface area contributed by atoms with E-state index in [-0.39, 0.29) is 10.4 Å². The first-order valence-electron chi connectivity index (χ1n) is 5.16. The predicted molar refractivity (Wildman–Crippen MR) is 59.4 cm³/mol. The molecule has 0 unspecified atom stereocenters. The highest BCUT2D eigenvalue weighted by molar-refractivity contribution is 7.89. The molecule has 1 aliphatic rings. The van der Waals surface area contributed by atoms with E-state index in [1.54, 1.807) is 0 Å². The van der Waals surface area contributed by atoms with Crippen LogP contribution in [0.2, 0.25) is 0 Å². The van der Waals surface area contributed by atoms with Crippen molar-refractivity contribution < 1.29 is 8.42 Å². The third-order valence-electron chi connectivity index (χ3n) is 2.65. The lowest BCUT2D eigenvalue weighted by Crippen LogP contribution is -2.58. The van der Waals surface area contributed by atoms with Crippen LogP contribution in [-0.4, -0.2) is 48.1 Å². The number of sulfonamides is 1. The molecule has 1 aromatic rings. The highest BCUT2D eigenvalue weighted by Crippen LogP contribution is 2.19. The maximum atomic E-state index is 12.2. The number of hydrogen-bond acceptors (Lipinski definition) is 4. The van der Waals surface area contributed by atoms with Gasteiger partial charge in [0, 0.05) is 31.4 Å². The van der Waals surface area contributed by atoms with Crippen LogP contribution in [0.5, 0.6) is 0 Å². The molecule has 0 aromatic carbocycles. The van der Waals surface area contributed by atoms with Crippen LogP contribution in [0.4, 0.5) is 0 Å². The monoisotopic (exact) mass is 244 g/mol. The van der Waals surface area contributed by atoms with E-state index in [9.17, 15) is 8.42 Å². The summed E-state index contributed by atoms with van der Waals surface area (Å²) in [5, 5.41) is 9.47. The van der Waals surface area contributed by atoms with E-state index in [2.05, 4.69) is 15.5 Å². The summed E-state index contributed by atoms with van der Waals surface area (Å²) < 4.78 is 25.8. The molecule has 0 radical (unpaired) electrons. The molecular formula is C9H16N4O2S. The smallest absolute Gasteiger partial charge is 0.246 e. The van der Waals surface area contributed by atoms with Gasteiger partial charge < -0.3 is 5.32 Å². The second kappa shape index (κ2) is 3.83. The number of nitrogens with one attached hydrogen (secondary N) is 2. The van der Waals surface area contributed by atoms with Crippen LogP contribution in [-0.2, 0) is 10.0 Å². The summed E-state index contributed by atoms with van der Waals surface area (Å²) in [5.74, 6) is 0. The summed E-state index contributed by atoms with van der Waals surface area (Å²) in [5.41, 5.74) is -0.185. The summed E-state index contributed by atoms with van der Waals surface area (Å²) in [6.45, 7) is 5.62. The fraction of sp³-hybridized carbons (Fsp3) is 0.667. The third-order valence-corrected chi connectivity index (χ3v) is 4.46. The van der Waals surface area contributed by atoms with Crippen LogP contribution < -0.4 is 5.32 Å². The van der Waals surface area contributed by atoms with Gasteiger partial charge in [0.2, 0.25) is 10.0 Å². The molecule has 1 fully saturated rings. The first kappa shape index (κ1) is 11.6. The van der Waals surface area contributed by atoms with Gasteiger partial charge in [-0.1, -0.05) is 0 Å². The molecule has 90 valence electrons. The van der Waals surface area contributed by atoms with Gasteiger partial charge in [0.25, 0.3) is 0 Å². The Balaban J connectivity index is 2.25. The summed E-state index contributed by atoms with van der Waals surface area (Å²) in [6, 6.07) is 0. The molecule has 0 bridgehead atoms. The largest absolute Gasteiger partial charge is 0.309 e. The van der Waals surface area contributed by atoms with Gasteiger partial charge in [0.05, 0.1) is 6.20 Å². The Labute approximate surface area is 95.1 Å². The van der Waals surface area contributed by atoms with E-state index in [0.29, 0.717) is 19.6 Å². The fourth-order valence-corrected chi connectivity index (χ4v) is 3.34. The molecule has 1 saturated heterocycles. The number of piperazine rings is 1. The lowest BCUT2D eigenvalue weighted by molar-refractivity contribution is 0.233. The quantitative estimate of drug-likeness (QED) is 0.754. The van der Waals surface area contributed by atoms with Gasteiger partial charge in [-0.3, -0.25) is 5.10 Å². The standard InChI is InChI=1S/C9H16N4O2S/c1-9(2)7-13(4-3-10-9)16(14,15)8-5-11-12-6-8/h5-6,10H,3-4,7H2,1-2H3,(H,11,12). The molecule has 16 heavy (non-hydrogen) atoms. The van der Waals surface area contributed by atoms with Crippen molar-refractivity contribution in [2.75, 3.05) is 19.6 Å². The van der Waals surface area contributed by atoms with Gasteiger partial charge in [0.15, 0.2) is 0 Å². The number of rotatable bonds is 2. The Kier molecular flexibility index (Phi) is 2.77. The van der Waals surface area contributed by atoms with Gasteiger partial charge in [-0.25, -0.2) is 8.42 Å². The topological polar surface area (TPSA) is 78.1 Å². The zero-order chi connectivity index (χ0) is 11.8. The second-order valence-corrected chi connectivity index (χ2v) is 6.52. The normalized spacial score (nSPS) is 22.1. The average molecular weight is 244 g/mol. The van der Waals surface area contributed by atoms with E-state index >= 15 is 0 Å². The van der Waals surface area contributed by atoms with Crippen molar-refractivity contribution in [3.05, 3.63) is 12.4 Å². The molecule has 2 heterocycles. The van der Waals surface area contributed by atoms with Gasteiger partial charge in [0.1, 0.15) is 4.90 Å². The highest BCUT2D eigenvalue weighted by atomic mass is 32.2. The van der Waals surface area contributed by atoms with Gasteiger partial charge in [-0.2, -0.15) is 9.40 Å². The van der Waals surface area contributed by atoms with Crippen molar-refractivity contribution in [3.8, 4) is 0 Å². The molecule has 0 saturated carbocycles. The SMILES string of the molecule is CC1(C)CN(S(=O)(=O)c2cn[nH]c2)CCN1. The van der Waals surface area contributed by atoms with Crippen LogP contribution in [0.1, 0.15) is 13.8 Å². The molecule has 0 aliphatic carbocycles. The molecule has 0 atom stereocenters. The van der Waals surface area contributed by atoms with Gasteiger partial charge in [-0.05, 0) is 13.8 Å². The van der Waals surface area contributed by atoms with E-state index < -0.39 is 10.0 Å². The summed E-state index contributed by atoms with van der Waals surface area (Å²) in [4.78, 5) is 0.227. The first-order chi connectivity index (χ1) is 7.42. The molecular weight excluding hydrogens is 228 g/mol.